The Hall–Kier alpha value is -2.23. The van der Waals surface area contributed by atoms with Gasteiger partial charge >= 0.3 is 5.97 Å². The van der Waals surface area contributed by atoms with Gasteiger partial charge in [-0.15, -0.1) is 0 Å². The molecule has 3 nitrogen and oxygen atoms in total. The number of nitrogens with zero attached hydrogens (tertiary/aromatic N) is 1. The monoisotopic (exact) mass is 231 g/mol. The summed E-state index contributed by atoms with van der Waals surface area (Å²) in [6.45, 7) is 0. The van der Waals surface area contributed by atoms with Crippen molar-refractivity contribution in [1.29, 1.82) is 0 Å². The lowest BCUT2D eigenvalue weighted by Crippen LogP contribution is -2.02. The first kappa shape index (κ1) is 11.3. The van der Waals surface area contributed by atoms with Crippen LogP contribution in [0.1, 0.15) is 5.56 Å². The van der Waals surface area contributed by atoms with Gasteiger partial charge in [0.1, 0.15) is 5.82 Å². The van der Waals surface area contributed by atoms with Crippen LogP contribution in [0, 0.1) is 5.82 Å². The van der Waals surface area contributed by atoms with Crippen LogP contribution in [0.5, 0.6) is 0 Å². The molecule has 2 rings (SSSR count). The molecule has 4 heteroatoms. The first-order valence-corrected chi connectivity index (χ1v) is 5.07. The summed E-state index contributed by atoms with van der Waals surface area (Å²) in [6, 6.07) is 8.09. The maximum Gasteiger partial charge on any atom is 0.307 e. The lowest BCUT2D eigenvalue weighted by molar-refractivity contribution is -0.136. The third kappa shape index (κ3) is 2.66. The van der Waals surface area contributed by atoms with Gasteiger partial charge in [-0.25, -0.2) is 4.39 Å². The molecule has 0 atom stereocenters. The molecule has 1 aromatic carbocycles. The van der Waals surface area contributed by atoms with E-state index in [-0.39, 0.29) is 12.0 Å². The highest BCUT2D eigenvalue weighted by Gasteiger charge is 2.08. The van der Waals surface area contributed by atoms with E-state index < -0.39 is 11.8 Å². The zero-order valence-corrected chi connectivity index (χ0v) is 8.93. The van der Waals surface area contributed by atoms with Gasteiger partial charge in [0.05, 0.1) is 6.42 Å². The van der Waals surface area contributed by atoms with Gasteiger partial charge in [-0.2, -0.15) is 0 Å². The maximum absolute atomic E-state index is 13.6. The molecule has 0 aliphatic rings. The zero-order valence-electron chi connectivity index (χ0n) is 8.93. The van der Waals surface area contributed by atoms with E-state index in [0.717, 1.165) is 5.56 Å². The Bertz CT molecular complexity index is 540. The van der Waals surface area contributed by atoms with E-state index in [0.29, 0.717) is 5.56 Å². The van der Waals surface area contributed by atoms with E-state index in [4.69, 9.17) is 5.11 Å². The molecule has 0 amide bonds. The van der Waals surface area contributed by atoms with Gasteiger partial charge in [0, 0.05) is 18.0 Å². The highest BCUT2D eigenvalue weighted by molar-refractivity contribution is 5.71. The molecule has 0 aliphatic carbocycles. The fraction of sp³-hybridized carbons (Fsp3) is 0.0769. The first-order chi connectivity index (χ1) is 8.16. The Labute approximate surface area is 97.6 Å². The maximum atomic E-state index is 13.6. The minimum Gasteiger partial charge on any atom is -0.481 e. The topological polar surface area (TPSA) is 50.2 Å². The largest absolute Gasteiger partial charge is 0.481 e. The number of halogens is 1. The van der Waals surface area contributed by atoms with Crippen LogP contribution < -0.4 is 0 Å². The fourth-order valence-corrected chi connectivity index (χ4v) is 1.57. The van der Waals surface area contributed by atoms with Crippen LogP contribution in [-0.4, -0.2) is 16.1 Å². The third-order valence-electron chi connectivity index (χ3n) is 2.39. The number of aromatic nitrogens is 1. The predicted octanol–water partition coefficient (Wildman–Crippen LogP) is 2.51. The summed E-state index contributed by atoms with van der Waals surface area (Å²) in [5.41, 5.74) is 1.67. The summed E-state index contributed by atoms with van der Waals surface area (Å²) < 4.78 is 13.6. The molecule has 2 aromatic rings. The van der Waals surface area contributed by atoms with Crippen LogP contribution in [0.25, 0.3) is 11.1 Å². The molecule has 0 aliphatic heterocycles. The van der Waals surface area contributed by atoms with Crippen molar-refractivity contribution in [2.75, 3.05) is 0 Å². The Balaban J connectivity index is 2.34. The van der Waals surface area contributed by atoms with Crippen molar-refractivity contribution in [3.63, 3.8) is 0 Å². The Morgan fingerprint density at radius 2 is 2.12 bits per heavy atom. The van der Waals surface area contributed by atoms with Crippen LogP contribution in [0.4, 0.5) is 4.39 Å². The summed E-state index contributed by atoms with van der Waals surface area (Å²) >= 11 is 0. The van der Waals surface area contributed by atoms with Gasteiger partial charge in [-0.3, -0.25) is 9.78 Å². The minimum absolute atomic E-state index is 0.185. The number of carboxylic acids is 1. The van der Waals surface area contributed by atoms with Crippen molar-refractivity contribution >= 4 is 5.97 Å². The molecule has 1 heterocycles. The number of carboxylic acid groups (broad SMARTS) is 1. The van der Waals surface area contributed by atoms with Gasteiger partial charge in [0.15, 0.2) is 0 Å². The van der Waals surface area contributed by atoms with Gasteiger partial charge in [0.2, 0.25) is 0 Å². The van der Waals surface area contributed by atoms with E-state index in [1.165, 1.54) is 12.1 Å². The molecule has 86 valence electrons. The number of carbonyl (C=O) groups is 1. The molecule has 0 spiro atoms. The number of rotatable bonds is 3. The lowest BCUT2D eigenvalue weighted by Gasteiger charge is -2.04. The van der Waals surface area contributed by atoms with Crippen LogP contribution in [-0.2, 0) is 11.2 Å². The highest BCUT2D eigenvalue weighted by Crippen LogP contribution is 2.21. The summed E-state index contributed by atoms with van der Waals surface area (Å²) in [7, 11) is 0. The molecule has 1 aromatic heterocycles. The van der Waals surface area contributed by atoms with E-state index in [9.17, 15) is 9.18 Å². The lowest BCUT2D eigenvalue weighted by atomic mass is 10.0. The minimum atomic E-state index is -1.04. The van der Waals surface area contributed by atoms with Gasteiger partial charge in [-0.1, -0.05) is 18.2 Å². The van der Waals surface area contributed by atoms with Crippen LogP contribution >= 0.6 is 0 Å². The van der Waals surface area contributed by atoms with Gasteiger partial charge < -0.3 is 5.11 Å². The Kier molecular flexibility index (Phi) is 3.14. The van der Waals surface area contributed by atoms with E-state index in [2.05, 4.69) is 4.98 Å². The van der Waals surface area contributed by atoms with E-state index in [1.807, 2.05) is 6.07 Å². The van der Waals surface area contributed by atoms with Crippen molar-refractivity contribution in [3.8, 4) is 11.1 Å². The SMILES string of the molecule is O=C(O)Cc1ccc(-c2cccnc2)cc1F. The Morgan fingerprint density at radius 1 is 1.29 bits per heavy atom. The molecule has 17 heavy (non-hydrogen) atoms. The number of aliphatic carboxylic acids is 1. The highest BCUT2D eigenvalue weighted by atomic mass is 19.1. The summed E-state index contributed by atoms with van der Waals surface area (Å²) in [5, 5.41) is 8.60. The molecule has 0 saturated heterocycles. The first-order valence-electron chi connectivity index (χ1n) is 5.07. The average Bonchev–Trinajstić information content (AvgIpc) is 2.32. The van der Waals surface area contributed by atoms with Gasteiger partial charge in [0.25, 0.3) is 0 Å². The van der Waals surface area contributed by atoms with Crippen LogP contribution in [0.2, 0.25) is 0 Å². The summed E-state index contributed by atoms with van der Waals surface area (Å²) in [6.07, 6.45) is 2.96. The number of hydrogen-bond donors (Lipinski definition) is 1. The fourth-order valence-electron chi connectivity index (χ4n) is 1.57. The van der Waals surface area contributed by atoms with Crippen LogP contribution in [0.3, 0.4) is 0 Å². The smallest absolute Gasteiger partial charge is 0.307 e. The zero-order chi connectivity index (χ0) is 12.3. The number of pyridine rings is 1. The third-order valence-corrected chi connectivity index (χ3v) is 2.39. The summed E-state index contributed by atoms with van der Waals surface area (Å²) in [5.74, 6) is -1.55. The molecule has 0 bridgehead atoms. The predicted molar refractivity (Wildman–Crippen MR) is 61.0 cm³/mol. The molecule has 0 unspecified atom stereocenters. The quantitative estimate of drug-likeness (QED) is 0.883. The average molecular weight is 231 g/mol. The van der Waals surface area contributed by atoms with Crippen molar-refractivity contribution in [1.82, 2.24) is 4.98 Å². The molecular weight excluding hydrogens is 221 g/mol. The molecule has 1 N–H and O–H groups in total. The number of hydrogen-bond acceptors (Lipinski definition) is 2. The van der Waals surface area contributed by atoms with Crippen molar-refractivity contribution < 1.29 is 14.3 Å². The van der Waals surface area contributed by atoms with E-state index >= 15 is 0 Å². The Morgan fingerprint density at radius 3 is 2.71 bits per heavy atom. The molecule has 0 saturated carbocycles. The van der Waals surface area contributed by atoms with Crippen LogP contribution in [0.15, 0.2) is 42.7 Å². The van der Waals surface area contributed by atoms with E-state index in [1.54, 1.807) is 24.5 Å². The normalized spacial score (nSPS) is 10.2. The van der Waals surface area contributed by atoms with Crippen molar-refractivity contribution in [3.05, 3.63) is 54.1 Å². The van der Waals surface area contributed by atoms with Gasteiger partial charge in [-0.05, 0) is 23.3 Å². The van der Waals surface area contributed by atoms with Crippen molar-refractivity contribution in [2.24, 2.45) is 0 Å². The summed E-state index contributed by atoms with van der Waals surface area (Å²) in [4.78, 5) is 14.4. The second-order valence-electron chi connectivity index (χ2n) is 3.62. The second kappa shape index (κ2) is 4.74. The molecule has 0 radical (unpaired) electrons. The molecular formula is C13H10FNO2. The van der Waals surface area contributed by atoms with Crippen molar-refractivity contribution in [2.45, 2.75) is 6.42 Å². The standard InChI is InChI=1S/C13H10FNO2/c14-12-6-9(11-2-1-5-15-8-11)3-4-10(12)7-13(16)17/h1-6,8H,7H2,(H,16,17). The number of benzene rings is 1. The second-order valence-corrected chi connectivity index (χ2v) is 3.62. The molecule has 0 fully saturated rings.